The standard InChI is InChI=1S/C11H6F4N2/c12-10-2-1-7(5-17-10)8-3-9(6-16-4-8)11(13,14)15/h1-6H. The molecule has 0 saturated carbocycles. The summed E-state index contributed by atoms with van der Waals surface area (Å²) < 4.78 is 49.9. The average molecular weight is 242 g/mol. The van der Waals surface area contributed by atoms with Gasteiger partial charge in [0.25, 0.3) is 0 Å². The van der Waals surface area contributed by atoms with Gasteiger partial charge in [0.05, 0.1) is 5.56 Å². The Morgan fingerprint density at radius 1 is 0.941 bits per heavy atom. The van der Waals surface area contributed by atoms with E-state index in [1.807, 2.05) is 0 Å². The van der Waals surface area contributed by atoms with Gasteiger partial charge < -0.3 is 0 Å². The summed E-state index contributed by atoms with van der Waals surface area (Å²) in [6.45, 7) is 0. The van der Waals surface area contributed by atoms with Crippen LogP contribution in [0.4, 0.5) is 17.6 Å². The van der Waals surface area contributed by atoms with Crippen molar-refractivity contribution in [3.8, 4) is 11.1 Å². The molecular formula is C11H6F4N2. The number of alkyl halides is 3. The Kier molecular flexibility index (Phi) is 2.79. The van der Waals surface area contributed by atoms with Gasteiger partial charge in [0.2, 0.25) is 5.95 Å². The zero-order valence-electron chi connectivity index (χ0n) is 8.37. The number of hydrogen-bond donors (Lipinski definition) is 0. The Morgan fingerprint density at radius 3 is 2.29 bits per heavy atom. The van der Waals surface area contributed by atoms with Crippen molar-refractivity contribution in [2.24, 2.45) is 0 Å². The van der Waals surface area contributed by atoms with Crippen LogP contribution in [0.15, 0.2) is 36.8 Å². The van der Waals surface area contributed by atoms with Gasteiger partial charge in [0.1, 0.15) is 0 Å². The highest BCUT2D eigenvalue weighted by atomic mass is 19.4. The van der Waals surface area contributed by atoms with Gasteiger partial charge in [-0.3, -0.25) is 4.98 Å². The van der Waals surface area contributed by atoms with Crippen molar-refractivity contribution in [3.05, 3.63) is 48.3 Å². The molecule has 17 heavy (non-hydrogen) atoms. The van der Waals surface area contributed by atoms with Gasteiger partial charge in [-0.15, -0.1) is 0 Å². The fourth-order valence-electron chi connectivity index (χ4n) is 1.30. The summed E-state index contributed by atoms with van der Waals surface area (Å²) in [5.74, 6) is -0.686. The quantitative estimate of drug-likeness (QED) is 0.566. The van der Waals surface area contributed by atoms with E-state index in [4.69, 9.17) is 0 Å². The lowest BCUT2D eigenvalue weighted by Gasteiger charge is -2.07. The molecule has 0 aliphatic heterocycles. The summed E-state index contributed by atoms with van der Waals surface area (Å²) in [7, 11) is 0. The molecule has 0 unspecified atom stereocenters. The third-order valence-corrected chi connectivity index (χ3v) is 2.13. The molecule has 0 amide bonds. The molecule has 0 fully saturated rings. The minimum absolute atomic E-state index is 0.243. The van der Waals surface area contributed by atoms with Crippen LogP contribution in [0.3, 0.4) is 0 Å². The van der Waals surface area contributed by atoms with Gasteiger partial charge in [0, 0.05) is 29.7 Å². The molecule has 6 heteroatoms. The Balaban J connectivity index is 2.43. The SMILES string of the molecule is Fc1ccc(-c2cncc(C(F)(F)F)c2)cn1. The van der Waals surface area contributed by atoms with E-state index in [-0.39, 0.29) is 5.56 Å². The number of rotatable bonds is 1. The zero-order chi connectivity index (χ0) is 12.5. The third kappa shape index (κ3) is 2.58. The molecule has 0 bridgehead atoms. The summed E-state index contributed by atoms with van der Waals surface area (Å²) in [6.07, 6.45) is -1.28. The fraction of sp³-hybridized carbons (Fsp3) is 0.0909. The second kappa shape index (κ2) is 4.12. The summed E-state index contributed by atoms with van der Waals surface area (Å²) >= 11 is 0. The predicted octanol–water partition coefficient (Wildman–Crippen LogP) is 3.30. The van der Waals surface area contributed by atoms with E-state index in [1.54, 1.807) is 0 Å². The molecule has 88 valence electrons. The Labute approximate surface area is 94.0 Å². The van der Waals surface area contributed by atoms with Crippen molar-refractivity contribution in [3.63, 3.8) is 0 Å². The first-order chi connectivity index (χ1) is 7.97. The van der Waals surface area contributed by atoms with Crippen molar-refractivity contribution >= 4 is 0 Å². The second-order valence-corrected chi connectivity index (χ2v) is 3.33. The fourth-order valence-corrected chi connectivity index (χ4v) is 1.30. The molecule has 0 aliphatic carbocycles. The largest absolute Gasteiger partial charge is 0.417 e. The van der Waals surface area contributed by atoms with Crippen LogP contribution < -0.4 is 0 Å². The van der Waals surface area contributed by atoms with Crippen molar-refractivity contribution in [1.29, 1.82) is 0 Å². The van der Waals surface area contributed by atoms with E-state index in [0.717, 1.165) is 24.5 Å². The van der Waals surface area contributed by atoms with Crippen molar-refractivity contribution in [1.82, 2.24) is 9.97 Å². The molecule has 2 aromatic rings. The maximum Gasteiger partial charge on any atom is 0.417 e. The van der Waals surface area contributed by atoms with Crippen molar-refractivity contribution < 1.29 is 17.6 Å². The molecule has 0 aliphatic rings. The van der Waals surface area contributed by atoms with Gasteiger partial charge in [-0.1, -0.05) is 0 Å². The molecule has 0 N–H and O–H groups in total. The van der Waals surface area contributed by atoms with Crippen LogP contribution in [0, 0.1) is 5.95 Å². The topological polar surface area (TPSA) is 25.8 Å². The van der Waals surface area contributed by atoms with Crippen LogP contribution in [0.2, 0.25) is 0 Å². The highest BCUT2D eigenvalue weighted by Gasteiger charge is 2.31. The zero-order valence-corrected chi connectivity index (χ0v) is 8.37. The number of hydrogen-bond acceptors (Lipinski definition) is 2. The Morgan fingerprint density at radius 2 is 1.71 bits per heavy atom. The second-order valence-electron chi connectivity index (χ2n) is 3.33. The first-order valence-electron chi connectivity index (χ1n) is 4.61. The van der Waals surface area contributed by atoms with E-state index < -0.39 is 17.7 Å². The van der Waals surface area contributed by atoms with E-state index in [0.29, 0.717) is 5.56 Å². The molecule has 0 radical (unpaired) electrons. The van der Waals surface area contributed by atoms with E-state index in [2.05, 4.69) is 9.97 Å². The summed E-state index contributed by atoms with van der Waals surface area (Å²) in [5.41, 5.74) is -0.225. The molecule has 0 atom stereocenters. The van der Waals surface area contributed by atoms with Gasteiger partial charge in [0.15, 0.2) is 0 Å². The Hall–Kier alpha value is -1.98. The average Bonchev–Trinajstić information content (AvgIpc) is 2.29. The number of aromatic nitrogens is 2. The molecule has 0 spiro atoms. The monoisotopic (exact) mass is 242 g/mol. The highest BCUT2D eigenvalue weighted by Crippen LogP contribution is 2.31. The van der Waals surface area contributed by atoms with Gasteiger partial charge >= 0.3 is 6.18 Å². The van der Waals surface area contributed by atoms with Crippen molar-refractivity contribution in [2.45, 2.75) is 6.18 Å². The molecular weight excluding hydrogens is 236 g/mol. The van der Waals surface area contributed by atoms with Gasteiger partial charge in [-0.25, -0.2) is 4.98 Å². The molecule has 2 nitrogen and oxygen atoms in total. The molecule has 0 saturated heterocycles. The normalized spacial score (nSPS) is 11.5. The van der Waals surface area contributed by atoms with Crippen LogP contribution in [-0.2, 0) is 6.18 Å². The van der Waals surface area contributed by atoms with Crippen LogP contribution >= 0.6 is 0 Å². The van der Waals surface area contributed by atoms with Gasteiger partial charge in [-0.05, 0) is 18.2 Å². The lowest BCUT2D eigenvalue weighted by Crippen LogP contribution is -2.05. The maximum absolute atomic E-state index is 12.6. The molecule has 0 aromatic carbocycles. The lowest BCUT2D eigenvalue weighted by molar-refractivity contribution is -0.137. The van der Waals surface area contributed by atoms with E-state index in [1.165, 1.54) is 12.3 Å². The predicted molar refractivity (Wildman–Crippen MR) is 52.4 cm³/mol. The highest BCUT2D eigenvalue weighted by molar-refractivity contribution is 5.61. The smallest absolute Gasteiger partial charge is 0.263 e. The van der Waals surface area contributed by atoms with Crippen LogP contribution in [-0.4, -0.2) is 9.97 Å². The van der Waals surface area contributed by atoms with E-state index in [9.17, 15) is 17.6 Å². The van der Waals surface area contributed by atoms with Crippen LogP contribution in [0.5, 0.6) is 0 Å². The third-order valence-electron chi connectivity index (χ3n) is 2.13. The summed E-state index contributed by atoms with van der Waals surface area (Å²) in [5, 5.41) is 0. The first kappa shape index (κ1) is 11.5. The molecule has 2 aromatic heterocycles. The Bertz CT molecular complexity index is 520. The number of halogens is 4. The summed E-state index contributed by atoms with van der Waals surface area (Å²) in [4.78, 5) is 6.88. The minimum atomic E-state index is -4.45. The van der Waals surface area contributed by atoms with Crippen LogP contribution in [0.25, 0.3) is 11.1 Å². The number of pyridine rings is 2. The van der Waals surface area contributed by atoms with Crippen LogP contribution in [0.1, 0.15) is 5.56 Å². The molecule has 2 heterocycles. The van der Waals surface area contributed by atoms with Gasteiger partial charge in [-0.2, -0.15) is 17.6 Å². The first-order valence-corrected chi connectivity index (χ1v) is 4.61. The lowest BCUT2D eigenvalue weighted by atomic mass is 10.1. The number of nitrogens with zero attached hydrogens (tertiary/aromatic N) is 2. The van der Waals surface area contributed by atoms with E-state index >= 15 is 0 Å². The minimum Gasteiger partial charge on any atom is -0.263 e. The maximum atomic E-state index is 12.6. The summed E-state index contributed by atoms with van der Waals surface area (Å²) in [6, 6.07) is 3.37. The molecule has 2 rings (SSSR count). The van der Waals surface area contributed by atoms with Crippen molar-refractivity contribution in [2.75, 3.05) is 0 Å².